The highest BCUT2D eigenvalue weighted by atomic mass is 79.9. The zero-order valence-corrected chi connectivity index (χ0v) is 11.7. The second-order valence-corrected chi connectivity index (χ2v) is 4.84. The molecule has 0 aliphatic heterocycles. The number of fused-ring (bicyclic) bond motifs is 1. The quantitative estimate of drug-likeness (QED) is 0.519. The Bertz CT molecular complexity index is 693. The molecule has 0 spiro atoms. The number of carbonyl (C=O) groups is 1. The lowest BCUT2D eigenvalue weighted by Gasteiger charge is -1.99. The minimum atomic E-state index is 0.0798. The van der Waals surface area contributed by atoms with Gasteiger partial charge < -0.3 is 4.42 Å². The van der Waals surface area contributed by atoms with Crippen molar-refractivity contribution < 1.29 is 9.21 Å². The van der Waals surface area contributed by atoms with Gasteiger partial charge in [-0.2, -0.15) is 0 Å². The zero-order chi connectivity index (χ0) is 13.2. The summed E-state index contributed by atoms with van der Waals surface area (Å²) in [7, 11) is 0. The van der Waals surface area contributed by atoms with Crippen LogP contribution in [0.2, 0.25) is 0 Å². The highest BCUT2D eigenvalue weighted by Crippen LogP contribution is 2.27. The monoisotopic (exact) mass is 314 g/mol. The lowest BCUT2D eigenvalue weighted by atomic mass is 10.1. The summed E-state index contributed by atoms with van der Waals surface area (Å²) in [5.41, 5.74) is 2.55. The number of rotatable bonds is 3. The first-order chi connectivity index (χ1) is 9.28. The summed E-state index contributed by atoms with van der Waals surface area (Å²) in [5.74, 6) is 0.898. The molecule has 2 nitrogen and oxygen atoms in total. The summed E-state index contributed by atoms with van der Waals surface area (Å²) < 4.78 is 5.79. The van der Waals surface area contributed by atoms with Crippen LogP contribution in [0.1, 0.15) is 10.4 Å². The highest BCUT2D eigenvalue weighted by molar-refractivity contribution is 9.09. The molecule has 3 heteroatoms. The van der Waals surface area contributed by atoms with Crippen LogP contribution in [0.4, 0.5) is 0 Å². The van der Waals surface area contributed by atoms with Crippen LogP contribution in [-0.2, 0) is 0 Å². The van der Waals surface area contributed by atoms with Gasteiger partial charge in [0.2, 0.25) is 0 Å². The van der Waals surface area contributed by atoms with Crippen LogP contribution in [0.3, 0.4) is 0 Å². The second-order valence-electron chi connectivity index (χ2n) is 4.28. The Morgan fingerprint density at radius 1 is 1.05 bits per heavy atom. The van der Waals surface area contributed by atoms with Crippen LogP contribution in [0.15, 0.2) is 59.0 Å². The smallest absolute Gasteiger partial charge is 0.173 e. The van der Waals surface area contributed by atoms with E-state index in [4.69, 9.17) is 4.42 Å². The normalized spacial score (nSPS) is 10.8. The molecular formula is C16H11BrO2. The number of hydrogen-bond donors (Lipinski definition) is 0. The molecule has 0 radical (unpaired) electrons. The van der Waals surface area contributed by atoms with E-state index in [1.165, 1.54) is 0 Å². The van der Waals surface area contributed by atoms with Crippen molar-refractivity contribution in [3.63, 3.8) is 0 Å². The van der Waals surface area contributed by atoms with Crippen LogP contribution in [-0.4, -0.2) is 11.1 Å². The molecular weight excluding hydrogens is 304 g/mol. The van der Waals surface area contributed by atoms with E-state index in [1.807, 2.05) is 54.6 Å². The molecule has 0 amide bonds. The van der Waals surface area contributed by atoms with E-state index in [2.05, 4.69) is 15.9 Å². The van der Waals surface area contributed by atoms with Crippen molar-refractivity contribution >= 4 is 32.7 Å². The fourth-order valence-electron chi connectivity index (χ4n) is 2.02. The minimum absolute atomic E-state index is 0.0798. The first-order valence-electron chi connectivity index (χ1n) is 5.96. The maximum atomic E-state index is 11.5. The minimum Gasteiger partial charge on any atom is -0.456 e. The predicted octanol–water partition coefficient (Wildman–Crippen LogP) is 4.68. The molecule has 19 heavy (non-hydrogen) atoms. The number of hydrogen-bond acceptors (Lipinski definition) is 2. The molecule has 1 heterocycles. The van der Waals surface area contributed by atoms with Gasteiger partial charge in [0.1, 0.15) is 11.3 Å². The Morgan fingerprint density at radius 2 is 1.79 bits per heavy atom. The SMILES string of the molecule is O=C(CBr)c1ccc(-c2cc3ccccc3o2)cc1. The van der Waals surface area contributed by atoms with E-state index in [1.54, 1.807) is 0 Å². The number of benzene rings is 2. The van der Waals surface area contributed by atoms with Crippen LogP contribution in [0.5, 0.6) is 0 Å². The number of furan rings is 1. The van der Waals surface area contributed by atoms with Gasteiger partial charge in [-0.3, -0.25) is 4.79 Å². The summed E-state index contributed by atoms with van der Waals surface area (Å²) in [4.78, 5) is 11.5. The molecule has 0 unspecified atom stereocenters. The molecule has 0 atom stereocenters. The van der Waals surface area contributed by atoms with Crippen molar-refractivity contribution in [1.29, 1.82) is 0 Å². The Balaban J connectivity index is 1.99. The number of para-hydroxylation sites is 1. The van der Waals surface area contributed by atoms with E-state index in [0.29, 0.717) is 10.9 Å². The van der Waals surface area contributed by atoms with Crippen molar-refractivity contribution in [2.24, 2.45) is 0 Å². The van der Waals surface area contributed by atoms with Gasteiger partial charge in [0.25, 0.3) is 0 Å². The predicted molar refractivity (Wildman–Crippen MR) is 79.8 cm³/mol. The Labute approximate surface area is 119 Å². The Hall–Kier alpha value is -1.87. The van der Waals surface area contributed by atoms with Gasteiger partial charge in [0, 0.05) is 16.5 Å². The van der Waals surface area contributed by atoms with Crippen molar-refractivity contribution in [2.75, 3.05) is 5.33 Å². The maximum Gasteiger partial charge on any atom is 0.173 e. The summed E-state index contributed by atoms with van der Waals surface area (Å²) >= 11 is 3.17. The first-order valence-corrected chi connectivity index (χ1v) is 7.08. The van der Waals surface area contributed by atoms with Gasteiger partial charge >= 0.3 is 0 Å². The third-order valence-corrected chi connectivity index (χ3v) is 3.55. The van der Waals surface area contributed by atoms with Crippen LogP contribution < -0.4 is 0 Å². The van der Waals surface area contributed by atoms with E-state index in [0.717, 1.165) is 22.3 Å². The molecule has 0 saturated heterocycles. The zero-order valence-electron chi connectivity index (χ0n) is 10.1. The highest BCUT2D eigenvalue weighted by Gasteiger charge is 2.07. The van der Waals surface area contributed by atoms with E-state index >= 15 is 0 Å². The summed E-state index contributed by atoms with van der Waals surface area (Å²) in [6.45, 7) is 0. The fourth-order valence-corrected chi connectivity index (χ4v) is 2.35. The Kier molecular flexibility index (Phi) is 3.22. The first kappa shape index (κ1) is 12.2. The second kappa shape index (κ2) is 5.02. The largest absolute Gasteiger partial charge is 0.456 e. The summed E-state index contributed by atoms with van der Waals surface area (Å²) in [6.07, 6.45) is 0. The number of ketones is 1. The number of halogens is 1. The average molecular weight is 315 g/mol. The molecule has 0 N–H and O–H groups in total. The van der Waals surface area contributed by atoms with Gasteiger partial charge in [0.15, 0.2) is 5.78 Å². The lowest BCUT2D eigenvalue weighted by Crippen LogP contribution is -1.98. The standard InChI is InChI=1S/C16H11BrO2/c17-10-14(18)11-5-7-12(8-6-11)16-9-13-3-1-2-4-15(13)19-16/h1-9H,10H2. The molecule has 1 aromatic heterocycles. The van der Waals surface area contributed by atoms with Crippen molar-refractivity contribution in [3.05, 3.63) is 60.2 Å². The average Bonchev–Trinajstić information content (AvgIpc) is 2.90. The summed E-state index contributed by atoms with van der Waals surface area (Å²) in [6, 6.07) is 17.4. The van der Waals surface area contributed by atoms with Gasteiger partial charge in [-0.05, 0) is 12.1 Å². The van der Waals surface area contributed by atoms with Gasteiger partial charge in [-0.15, -0.1) is 0 Å². The van der Waals surface area contributed by atoms with E-state index in [9.17, 15) is 4.79 Å². The third-order valence-electron chi connectivity index (χ3n) is 3.04. The molecule has 0 bridgehead atoms. The Morgan fingerprint density at radius 3 is 2.47 bits per heavy atom. The van der Waals surface area contributed by atoms with Crippen LogP contribution in [0, 0.1) is 0 Å². The number of Topliss-reactive ketones (excluding diaryl/α,β-unsaturated/α-hetero) is 1. The lowest BCUT2D eigenvalue weighted by molar-refractivity contribution is 0.102. The summed E-state index contributed by atoms with van der Waals surface area (Å²) in [5, 5.41) is 1.43. The topological polar surface area (TPSA) is 30.2 Å². The molecule has 2 aromatic carbocycles. The van der Waals surface area contributed by atoms with Gasteiger partial charge in [-0.25, -0.2) is 0 Å². The molecule has 0 saturated carbocycles. The fraction of sp³-hybridized carbons (Fsp3) is 0.0625. The molecule has 3 aromatic rings. The molecule has 0 aliphatic rings. The molecule has 3 rings (SSSR count). The molecule has 94 valence electrons. The van der Waals surface area contributed by atoms with E-state index in [-0.39, 0.29) is 5.78 Å². The van der Waals surface area contributed by atoms with Crippen molar-refractivity contribution in [2.45, 2.75) is 0 Å². The maximum absolute atomic E-state index is 11.5. The van der Waals surface area contributed by atoms with Crippen molar-refractivity contribution in [1.82, 2.24) is 0 Å². The van der Waals surface area contributed by atoms with Gasteiger partial charge in [-0.1, -0.05) is 58.4 Å². The van der Waals surface area contributed by atoms with E-state index < -0.39 is 0 Å². The van der Waals surface area contributed by atoms with Crippen molar-refractivity contribution in [3.8, 4) is 11.3 Å². The number of alkyl halides is 1. The molecule has 0 aliphatic carbocycles. The van der Waals surface area contributed by atoms with Gasteiger partial charge in [0.05, 0.1) is 5.33 Å². The van der Waals surface area contributed by atoms with Crippen LogP contribution in [0.25, 0.3) is 22.3 Å². The van der Waals surface area contributed by atoms with Crippen LogP contribution >= 0.6 is 15.9 Å². The molecule has 0 fully saturated rings. The number of carbonyl (C=O) groups excluding carboxylic acids is 1. The third kappa shape index (κ3) is 2.34.